The van der Waals surface area contributed by atoms with Crippen molar-refractivity contribution in [3.63, 3.8) is 0 Å². The Kier molecular flexibility index (Phi) is 7.18. The molecule has 0 spiro atoms. The zero-order valence-electron chi connectivity index (χ0n) is 17.9. The van der Waals surface area contributed by atoms with Gasteiger partial charge in [0.15, 0.2) is 0 Å². The van der Waals surface area contributed by atoms with Crippen LogP contribution in [0.25, 0.3) is 0 Å². The van der Waals surface area contributed by atoms with Gasteiger partial charge in [0.05, 0.1) is 25.8 Å². The summed E-state index contributed by atoms with van der Waals surface area (Å²) in [5, 5.41) is 5.79. The highest BCUT2D eigenvalue weighted by molar-refractivity contribution is 6.02. The van der Waals surface area contributed by atoms with E-state index < -0.39 is 12.0 Å². The summed E-state index contributed by atoms with van der Waals surface area (Å²) in [6.45, 7) is 1.90. The van der Waals surface area contributed by atoms with Crippen LogP contribution in [-0.4, -0.2) is 50.6 Å². The zero-order chi connectivity index (χ0) is 21.7. The number of hydrogen-bond acceptors (Lipinski definition) is 5. The number of carbonyl (C=O) groups is 3. The molecule has 30 heavy (non-hydrogen) atoms. The highest BCUT2D eigenvalue weighted by Gasteiger charge is 2.37. The third-order valence-corrected chi connectivity index (χ3v) is 5.88. The molecule has 0 aromatic heterocycles. The number of hydrogen-bond donors (Lipinski definition) is 2. The van der Waals surface area contributed by atoms with Crippen LogP contribution >= 0.6 is 0 Å². The normalized spacial score (nSPS) is 20.6. The first-order chi connectivity index (χ1) is 14.4. The van der Waals surface area contributed by atoms with Crippen molar-refractivity contribution in [2.24, 2.45) is 5.92 Å². The summed E-state index contributed by atoms with van der Waals surface area (Å²) in [5.41, 5.74) is 0.570. The molecule has 1 aromatic rings. The van der Waals surface area contributed by atoms with Gasteiger partial charge in [-0.05, 0) is 31.9 Å². The predicted octanol–water partition coefficient (Wildman–Crippen LogP) is 2.01. The van der Waals surface area contributed by atoms with E-state index in [0.29, 0.717) is 17.2 Å². The molecule has 2 N–H and O–H groups in total. The van der Waals surface area contributed by atoms with Crippen LogP contribution in [-0.2, 0) is 14.4 Å². The Bertz CT molecular complexity index is 791. The zero-order valence-corrected chi connectivity index (χ0v) is 17.9. The second kappa shape index (κ2) is 9.82. The number of carbonyl (C=O) groups excluding carboxylic acids is 3. The minimum absolute atomic E-state index is 0.0865. The van der Waals surface area contributed by atoms with Crippen LogP contribution in [0.5, 0.6) is 11.5 Å². The molecule has 164 valence electrons. The monoisotopic (exact) mass is 417 g/mol. The summed E-state index contributed by atoms with van der Waals surface area (Å²) < 4.78 is 10.6. The van der Waals surface area contributed by atoms with E-state index >= 15 is 0 Å². The van der Waals surface area contributed by atoms with Gasteiger partial charge in [0.25, 0.3) is 0 Å². The van der Waals surface area contributed by atoms with Gasteiger partial charge in [0, 0.05) is 25.1 Å². The standard InChI is InChI=1S/C22H31N3O5/c1-14(21(27)24-16-7-5-4-6-8-16)23-22(28)15-11-20(26)25(13-15)18-12-17(29-2)9-10-19(18)30-3/h9-10,12,14-16H,4-8,11,13H2,1-3H3,(H,23,28)(H,24,27). The van der Waals surface area contributed by atoms with Crippen LogP contribution < -0.4 is 25.0 Å². The lowest BCUT2D eigenvalue weighted by molar-refractivity contribution is -0.131. The summed E-state index contributed by atoms with van der Waals surface area (Å²) >= 11 is 0. The SMILES string of the molecule is COc1ccc(OC)c(N2CC(C(=O)NC(C)C(=O)NC3CCCCC3)CC2=O)c1. The fraction of sp³-hybridized carbons (Fsp3) is 0.591. The molecular weight excluding hydrogens is 386 g/mol. The fourth-order valence-electron chi connectivity index (χ4n) is 4.09. The van der Waals surface area contributed by atoms with Gasteiger partial charge in [-0.1, -0.05) is 19.3 Å². The lowest BCUT2D eigenvalue weighted by atomic mass is 9.95. The van der Waals surface area contributed by atoms with Gasteiger partial charge in [-0.3, -0.25) is 14.4 Å². The highest BCUT2D eigenvalue weighted by atomic mass is 16.5. The molecule has 1 heterocycles. The van der Waals surface area contributed by atoms with Crippen LogP contribution in [0.4, 0.5) is 5.69 Å². The molecule has 1 saturated heterocycles. The summed E-state index contributed by atoms with van der Waals surface area (Å²) in [7, 11) is 3.08. The molecule has 1 aromatic carbocycles. The minimum atomic E-state index is -0.644. The lowest BCUT2D eigenvalue weighted by Gasteiger charge is -2.25. The Hall–Kier alpha value is -2.77. The molecule has 2 fully saturated rings. The third-order valence-electron chi connectivity index (χ3n) is 5.88. The van der Waals surface area contributed by atoms with Crippen molar-refractivity contribution in [1.82, 2.24) is 10.6 Å². The molecule has 3 amide bonds. The number of ether oxygens (including phenoxy) is 2. The van der Waals surface area contributed by atoms with Crippen LogP contribution in [0.1, 0.15) is 45.4 Å². The maximum atomic E-state index is 12.7. The Morgan fingerprint density at radius 3 is 2.53 bits per heavy atom. The van der Waals surface area contributed by atoms with Gasteiger partial charge in [0.1, 0.15) is 17.5 Å². The second-order valence-electron chi connectivity index (χ2n) is 8.02. The number of anilines is 1. The molecule has 0 radical (unpaired) electrons. The van der Waals surface area contributed by atoms with Gasteiger partial charge >= 0.3 is 0 Å². The maximum absolute atomic E-state index is 12.7. The van der Waals surface area contributed by atoms with Crippen LogP contribution in [0, 0.1) is 5.92 Å². The van der Waals surface area contributed by atoms with E-state index in [1.165, 1.54) is 13.5 Å². The molecule has 1 saturated carbocycles. The Morgan fingerprint density at radius 2 is 1.87 bits per heavy atom. The summed E-state index contributed by atoms with van der Waals surface area (Å²) in [6.07, 6.45) is 5.52. The number of benzene rings is 1. The Balaban J connectivity index is 1.60. The average Bonchev–Trinajstić information content (AvgIpc) is 3.15. The lowest BCUT2D eigenvalue weighted by Crippen LogP contribution is -2.50. The van der Waals surface area contributed by atoms with Gasteiger partial charge in [0.2, 0.25) is 17.7 Å². The third kappa shape index (κ3) is 5.04. The fourth-order valence-corrected chi connectivity index (χ4v) is 4.09. The van der Waals surface area contributed by atoms with E-state index in [4.69, 9.17) is 9.47 Å². The van der Waals surface area contributed by atoms with E-state index in [9.17, 15) is 14.4 Å². The average molecular weight is 418 g/mol. The van der Waals surface area contributed by atoms with E-state index in [-0.39, 0.29) is 36.7 Å². The van der Waals surface area contributed by atoms with Crippen LogP contribution in [0.3, 0.4) is 0 Å². The number of methoxy groups -OCH3 is 2. The van der Waals surface area contributed by atoms with Crippen molar-refractivity contribution in [1.29, 1.82) is 0 Å². The molecule has 1 aliphatic heterocycles. The Morgan fingerprint density at radius 1 is 1.13 bits per heavy atom. The minimum Gasteiger partial charge on any atom is -0.497 e. The highest BCUT2D eigenvalue weighted by Crippen LogP contribution is 2.36. The number of nitrogens with one attached hydrogen (secondary N) is 2. The van der Waals surface area contributed by atoms with Gasteiger partial charge in [-0.2, -0.15) is 0 Å². The molecule has 3 rings (SSSR count). The van der Waals surface area contributed by atoms with E-state index in [1.54, 1.807) is 37.1 Å². The predicted molar refractivity (Wildman–Crippen MR) is 113 cm³/mol. The van der Waals surface area contributed by atoms with Gasteiger partial charge in [-0.15, -0.1) is 0 Å². The quantitative estimate of drug-likeness (QED) is 0.707. The van der Waals surface area contributed by atoms with Crippen LogP contribution in [0.15, 0.2) is 18.2 Å². The van der Waals surface area contributed by atoms with Crippen molar-refractivity contribution < 1.29 is 23.9 Å². The van der Waals surface area contributed by atoms with Crippen molar-refractivity contribution in [3.8, 4) is 11.5 Å². The topological polar surface area (TPSA) is 97.0 Å². The Labute approximate surface area is 177 Å². The first kappa shape index (κ1) is 21.9. The smallest absolute Gasteiger partial charge is 0.242 e. The molecule has 8 nitrogen and oxygen atoms in total. The molecule has 1 aliphatic carbocycles. The first-order valence-corrected chi connectivity index (χ1v) is 10.6. The first-order valence-electron chi connectivity index (χ1n) is 10.6. The molecule has 0 bridgehead atoms. The summed E-state index contributed by atoms with van der Waals surface area (Å²) in [6, 6.07) is 4.74. The van der Waals surface area contributed by atoms with E-state index in [0.717, 1.165) is 25.7 Å². The largest absolute Gasteiger partial charge is 0.497 e. The van der Waals surface area contributed by atoms with E-state index in [2.05, 4.69) is 10.6 Å². The van der Waals surface area contributed by atoms with Crippen molar-refractivity contribution in [2.75, 3.05) is 25.7 Å². The van der Waals surface area contributed by atoms with Crippen molar-refractivity contribution in [2.45, 2.75) is 57.5 Å². The number of rotatable bonds is 7. The van der Waals surface area contributed by atoms with Crippen molar-refractivity contribution in [3.05, 3.63) is 18.2 Å². The molecule has 8 heteroatoms. The molecule has 2 atom stereocenters. The van der Waals surface area contributed by atoms with E-state index in [1.807, 2.05) is 0 Å². The number of amides is 3. The summed E-state index contributed by atoms with van der Waals surface area (Å²) in [4.78, 5) is 39.3. The molecule has 2 aliphatic rings. The van der Waals surface area contributed by atoms with Crippen LogP contribution in [0.2, 0.25) is 0 Å². The summed E-state index contributed by atoms with van der Waals surface area (Å²) in [5.74, 6) is -0.0332. The maximum Gasteiger partial charge on any atom is 0.242 e. The van der Waals surface area contributed by atoms with Crippen molar-refractivity contribution >= 4 is 23.4 Å². The van der Waals surface area contributed by atoms with Gasteiger partial charge < -0.3 is 25.0 Å². The molecule has 2 unspecified atom stereocenters. The molecular formula is C22H31N3O5. The number of nitrogens with zero attached hydrogens (tertiary/aromatic N) is 1. The second-order valence-corrected chi connectivity index (χ2v) is 8.02. The van der Waals surface area contributed by atoms with Gasteiger partial charge in [-0.25, -0.2) is 0 Å².